The predicted octanol–water partition coefficient (Wildman–Crippen LogP) is 3.52. The number of ether oxygens (including phenoxy) is 1. The number of aldehydes is 1. The van der Waals surface area contributed by atoms with E-state index in [1.54, 1.807) is 30.6 Å². The summed E-state index contributed by atoms with van der Waals surface area (Å²) in [5, 5.41) is 6.23. The number of aromatic nitrogens is 2. The number of nitrogens with zero attached hydrogens (tertiary/aromatic N) is 1. The molecule has 0 saturated carbocycles. The van der Waals surface area contributed by atoms with Gasteiger partial charge in [-0.15, -0.1) is 6.42 Å². The minimum Gasteiger partial charge on any atom is -0.492 e. The first-order chi connectivity index (χ1) is 14.1. The highest BCUT2D eigenvalue weighted by molar-refractivity contribution is 5.96. The highest BCUT2D eigenvalue weighted by Crippen LogP contribution is 2.38. The van der Waals surface area contributed by atoms with E-state index in [0.717, 1.165) is 12.0 Å². The van der Waals surface area contributed by atoms with E-state index in [9.17, 15) is 9.18 Å². The molecule has 6 nitrogen and oxygen atoms in total. The summed E-state index contributed by atoms with van der Waals surface area (Å²) in [6.45, 7) is 0.669. The molecule has 1 aromatic carbocycles. The normalized spacial score (nSPS) is 10.4. The number of rotatable bonds is 8. The van der Waals surface area contributed by atoms with Gasteiger partial charge >= 0.3 is 0 Å². The number of terminal acetylenes is 1. The Morgan fingerprint density at radius 3 is 2.90 bits per heavy atom. The number of carbonyl (C=O) groups is 1. The Bertz CT molecular complexity index is 1070. The second-order valence-corrected chi connectivity index (χ2v) is 6.25. The van der Waals surface area contributed by atoms with Crippen molar-refractivity contribution < 1.29 is 13.9 Å². The lowest BCUT2D eigenvalue weighted by Gasteiger charge is -2.14. The first-order valence-electron chi connectivity index (χ1n) is 8.99. The van der Waals surface area contributed by atoms with Crippen LogP contribution in [0.25, 0.3) is 11.3 Å². The van der Waals surface area contributed by atoms with E-state index < -0.39 is 5.82 Å². The second kappa shape index (κ2) is 9.04. The molecule has 2 aromatic heterocycles. The van der Waals surface area contributed by atoms with Gasteiger partial charge in [0.25, 0.3) is 0 Å². The van der Waals surface area contributed by atoms with E-state index in [2.05, 4.69) is 26.5 Å². The number of hydrogen-bond donors (Lipinski definition) is 3. The molecule has 7 heteroatoms. The Labute approximate surface area is 168 Å². The van der Waals surface area contributed by atoms with Gasteiger partial charge < -0.3 is 20.4 Å². The van der Waals surface area contributed by atoms with Crippen molar-refractivity contribution in [3.8, 4) is 29.4 Å². The number of nitrogens with one attached hydrogen (secondary N) is 3. The smallest absolute Gasteiger partial charge is 0.177 e. The Morgan fingerprint density at radius 1 is 1.38 bits per heavy atom. The highest BCUT2D eigenvalue weighted by Gasteiger charge is 2.21. The van der Waals surface area contributed by atoms with Gasteiger partial charge in [0.1, 0.15) is 0 Å². The number of pyridine rings is 1. The van der Waals surface area contributed by atoms with E-state index >= 15 is 0 Å². The lowest BCUT2D eigenvalue weighted by atomic mass is 10.0. The van der Waals surface area contributed by atoms with Crippen LogP contribution in [0.4, 0.5) is 15.8 Å². The fourth-order valence-electron chi connectivity index (χ4n) is 3.15. The molecule has 0 fully saturated rings. The minimum absolute atomic E-state index is 0.0557. The van der Waals surface area contributed by atoms with Crippen LogP contribution in [0.5, 0.6) is 5.75 Å². The van der Waals surface area contributed by atoms with E-state index in [1.165, 1.54) is 13.2 Å². The number of anilines is 2. The van der Waals surface area contributed by atoms with Crippen molar-refractivity contribution in [3.63, 3.8) is 0 Å². The molecule has 0 unspecified atom stereocenters. The van der Waals surface area contributed by atoms with E-state index in [1.807, 2.05) is 7.05 Å². The van der Waals surface area contributed by atoms with Crippen molar-refractivity contribution in [2.24, 2.45) is 0 Å². The number of H-pyrrole nitrogens is 1. The van der Waals surface area contributed by atoms with Crippen molar-refractivity contribution in [1.29, 1.82) is 0 Å². The van der Waals surface area contributed by atoms with Crippen LogP contribution in [0, 0.1) is 18.2 Å². The molecule has 2 heterocycles. The standard InChI is InChI=1S/C22H21FN4O2/c1-4-14-12-25-11-8-15(14)20-21(16(13-28)18(26-20)9-10-24-2)27-19-7-5-6-17(23)22(19)29-3/h1,5-8,11-13,24,26-27H,9-10H2,2-3H3. The van der Waals surface area contributed by atoms with E-state index in [4.69, 9.17) is 11.2 Å². The maximum Gasteiger partial charge on any atom is 0.177 e. The van der Waals surface area contributed by atoms with Gasteiger partial charge in [0.2, 0.25) is 0 Å². The largest absolute Gasteiger partial charge is 0.492 e. The van der Waals surface area contributed by atoms with Gasteiger partial charge in [-0.25, -0.2) is 4.39 Å². The van der Waals surface area contributed by atoms with Crippen LogP contribution < -0.4 is 15.4 Å². The van der Waals surface area contributed by atoms with Gasteiger partial charge in [0, 0.05) is 36.6 Å². The minimum atomic E-state index is -0.508. The summed E-state index contributed by atoms with van der Waals surface area (Å²) in [7, 11) is 3.22. The van der Waals surface area contributed by atoms with Gasteiger partial charge in [-0.3, -0.25) is 9.78 Å². The maximum absolute atomic E-state index is 14.2. The Morgan fingerprint density at radius 2 is 2.21 bits per heavy atom. The van der Waals surface area contributed by atoms with Crippen molar-refractivity contribution >= 4 is 17.7 Å². The molecule has 29 heavy (non-hydrogen) atoms. The van der Waals surface area contributed by atoms with Gasteiger partial charge in [-0.2, -0.15) is 0 Å². The number of methoxy groups -OCH3 is 1. The molecular weight excluding hydrogens is 371 g/mol. The predicted molar refractivity (Wildman–Crippen MR) is 111 cm³/mol. The molecule has 0 aliphatic carbocycles. The summed E-state index contributed by atoms with van der Waals surface area (Å²) in [6.07, 6.45) is 10.2. The maximum atomic E-state index is 14.2. The molecular formula is C22H21FN4O2. The first-order valence-corrected chi connectivity index (χ1v) is 8.99. The van der Waals surface area contributed by atoms with Crippen LogP contribution in [-0.4, -0.2) is 37.0 Å². The number of hydrogen-bond acceptors (Lipinski definition) is 5. The van der Waals surface area contributed by atoms with Crippen molar-refractivity contribution in [2.75, 3.05) is 26.0 Å². The number of para-hydroxylation sites is 1. The molecule has 0 atom stereocenters. The molecule has 3 rings (SSSR count). The fourth-order valence-corrected chi connectivity index (χ4v) is 3.15. The zero-order chi connectivity index (χ0) is 20.8. The quantitative estimate of drug-likeness (QED) is 0.404. The molecule has 3 aromatic rings. The van der Waals surface area contributed by atoms with Crippen LogP contribution in [-0.2, 0) is 6.42 Å². The molecule has 0 amide bonds. The van der Waals surface area contributed by atoms with Crippen LogP contribution in [0.3, 0.4) is 0 Å². The molecule has 0 spiro atoms. The van der Waals surface area contributed by atoms with Gasteiger partial charge in [0.15, 0.2) is 17.9 Å². The van der Waals surface area contributed by atoms with E-state index in [-0.39, 0.29) is 5.75 Å². The van der Waals surface area contributed by atoms with Crippen molar-refractivity contribution in [2.45, 2.75) is 6.42 Å². The average molecular weight is 392 g/mol. The Kier molecular flexibility index (Phi) is 6.27. The average Bonchev–Trinajstić information content (AvgIpc) is 3.09. The first kappa shape index (κ1) is 20.1. The molecule has 148 valence electrons. The van der Waals surface area contributed by atoms with Gasteiger partial charge in [-0.1, -0.05) is 12.0 Å². The monoisotopic (exact) mass is 392 g/mol. The number of carbonyl (C=O) groups excluding carboxylic acids is 1. The van der Waals surface area contributed by atoms with Gasteiger partial charge in [0.05, 0.1) is 35.3 Å². The van der Waals surface area contributed by atoms with Gasteiger partial charge in [-0.05, 0) is 25.2 Å². The summed E-state index contributed by atoms with van der Waals surface area (Å²) in [6, 6.07) is 6.31. The zero-order valence-electron chi connectivity index (χ0n) is 16.2. The zero-order valence-corrected chi connectivity index (χ0v) is 16.2. The topological polar surface area (TPSA) is 79.0 Å². The third-order valence-corrected chi connectivity index (χ3v) is 4.54. The van der Waals surface area contributed by atoms with Crippen LogP contribution in [0.1, 0.15) is 21.6 Å². The molecule has 0 saturated heterocycles. The van der Waals surface area contributed by atoms with E-state index in [0.29, 0.717) is 46.7 Å². The third kappa shape index (κ3) is 3.98. The summed E-state index contributed by atoms with van der Waals surface area (Å²) in [5.74, 6) is 2.16. The summed E-state index contributed by atoms with van der Waals surface area (Å²) in [4.78, 5) is 19.4. The molecule has 0 aliphatic rings. The van der Waals surface area contributed by atoms with Crippen LogP contribution in [0.2, 0.25) is 0 Å². The number of likely N-dealkylation sites (N-methyl/N-ethyl adjacent to an activating group) is 1. The second-order valence-electron chi connectivity index (χ2n) is 6.25. The lowest BCUT2D eigenvalue weighted by molar-refractivity contribution is 0.112. The summed E-state index contributed by atoms with van der Waals surface area (Å²) in [5.41, 5.74) is 3.98. The molecule has 0 bridgehead atoms. The summed E-state index contributed by atoms with van der Waals surface area (Å²) >= 11 is 0. The van der Waals surface area contributed by atoms with Crippen LogP contribution >= 0.6 is 0 Å². The Hall–Kier alpha value is -3.63. The Balaban J connectivity index is 2.21. The lowest BCUT2D eigenvalue weighted by Crippen LogP contribution is -2.11. The number of aromatic amines is 1. The van der Waals surface area contributed by atoms with Crippen molar-refractivity contribution in [3.05, 3.63) is 59.3 Å². The molecule has 0 aliphatic heterocycles. The number of halogens is 1. The van der Waals surface area contributed by atoms with Crippen molar-refractivity contribution in [1.82, 2.24) is 15.3 Å². The fraction of sp³-hybridized carbons (Fsp3) is 0.182. The SMILES string of the molecule is C#Cc1cnccc1-c1[nH]c(CCNC)c(C=O)c1Nc1cccc(F)c1OC. The van der Waals surface area contributed by atoms with Crippen LogP contribution in [0.15, 0.2) is 36.7 Å². The highest BCUT2D eigenvalue weighted by atomic mass is 19.1. The number of benzene rings is 1. The third-order valence-electron chi connectivity index (χ3n) is 4.54. The molecule has 3 N–H and O–H groups in total. The summed E-state index contributed by atoms with van der Waals surface area (Å²) < 4.78 is 19.4. The molecule has 0 radical (unpaired) electrons.